The van der Waals surface area contributed by atoms with E-state index in [0.717, 1.165) is 6.29 Å². The molecule has 0 unspecified atom stereocenters. The molecular weight excluding hydrogens is 352 g/mol. The van der Waals surface area contributed by atoms with E-state index in [0.29, 0.717) is 31.3 Å². The molecule has 5 fully saturated rings. The van der Waals surface area contributed by atoms with Crippen molar-refractivity contribution in [1.82, 2.24) is 0 Å². The smallest absolute Gasteiger partial charge is 0.317 e. The lowest BCUT2D eigenvalue weighted by atomic mass is 9.41. The molecule has 3 N–H and O–H groups in total. The second-order valence-electron chi connectivity index (χ2n) is 9.57. The Bertz CT molecular complexity index is 736. The van der Waals surface area contributed by atoms with Gasteiger partial charge in [-0.25, -0.2) is 0 Å². The van der Waals surface area contributed by atoms with Crippen LogP contribution in [0.15, 0.2) is 12.2 Å². The molecule has 3 saturated carbocycles. The molecule has 2 spiro atoms. The van der Waals surface area contributed by atoms with Crippen molar-refractivity contribution in [3.05, 3.63) is 12.2 Å². The molecule has 0 aromatic carbocycles. The first-order valence-electron chi connectivity index (χ1n) is 9.74. The zero-order valence-electron chi connectivity index (χ0n) is 15.3. The van der Waals surface area contributed by atoms with E-state index in [4.69, 9.17) is 9.47 Å². The zero-order valence-corrected chi connectivity index (χ0v) is 15.3. The fourth-order valence-corrected chi connectivity index (χ4v) is 7.34. The minimum Gasteiger partial charge on any atom is -0.434 e. The summed E-state index contributed by atoms with van der Waals surface area (Å²) in [5, 5.41) is 33.4. The molecule has 0 amide bonds. The number of fused-ring (bicyclic) bond motifs is 2. The third-order valence-electron chi connectivity index (χ3n) is 8.51. The lowest BCUT2D eigenvalue weighted by Crippen LogP contribution is -2.77. The Morgan fingerprint density at radius 1 is 1.30 bits per heavy atom. The normalized spacial score (nSPS) is 58.9. The summed E-state index contributed by atoms with van der Waals surface area (Å²) in [4.78, 5) is 25.4. The molecule has 148 valence electrons. The van der Waals surface area contributed by atoms with Crippen LogP contribution in [-0.4, -0.2) is 58.8 Å². The van der Waals surface area contributed by atoms with Crippen LogP contribution in [0.5, 0.6) is 0 Å². The number of hydrogen-bond acceptors (Lipinski definition) is 7. The van der Waals surface area contributed by atoms with Gasteiger partial charge in [-0.1, -0.05) is 13.5 Å². The molecule has 2 heterocycles. The van der Waals surface area contributed by atoms with Crippen LogP contribution in [0.1, 0.15) is 32.6 Å². The maximum atomic E-state index is 13.1. The summed E-state index contributed by atoms with van der Waals surface area (Å²) in [6.07, 6.45) is -1.68. The van der Waals surface area contributed by atoms with Crippen molar-refractivity contribution in [2.75, 3.05) is 6.61 Å². The van der Waals surface area contributed by atoms with E-state index in [2.05, 4.69) is 6.58 Å². The Hall–Kier alpha value is -1.28. The van der Waals surface area contributed by atoms with Gasteiger partial charge in [-0.15, -0.1) is 0 Å². The van der Waals surface area contributed by atoms with Crippen LogP contribution >= 0.6 is 0 Å². The quantitative estimate of drug-likeness (QED) is 0.339. The summed E-state index contributed by atoms with van der Waals surface area (Å²) >= 11 is 0. The van der Waals surface area contributed by atoms with Crippen LogP contribution in [0.4, 0.5) is 0 Å². The predicted octanol–water partition coefficient (Wildman–Crippen LogP) is 0.166. The molecule has 0 aromatic heterocycles. The van der Waals surface area contributed by atoms with E-state index in [-0.39, 0.29) is 12.5 Å². The fraction of sp³-hybridized carbons (Fsp3) is 0.800. The van der Waals surface area contributed by atoms with Crippen molar-refractivity contribution < 1.29 is 34.4 Å². The summed E-state index contributed by atoms with van der Waals surface area (Å²) in [7, 11) is 0. The van der Waals surface area contributed by atoms with Crippen LogP contribution in [0, 0.1) is 34.0 Å². The first-order chi connectivity index (χ1) is 12.7. The van der Waals surface area contributed by atoms with Gasteiger partial charge in [0.1, 0.15) is 11.7 Å². The van der Waals surface area contributed by atoms with Crippen LogP contribution in [0.25, 0.3) is 0 Å². The van der Waals surface area contributed by atoms with Gasteiger partial charge in [-0.2, -0.15) is 0 Å². The van der Waals surface area contributed by atoms with Crippen molar-refractivity contribution in [3.8, 4) is 0 Å². The molecule has 0 aromatic rings. The number of aliphatic hydroxyl groups is 3. The van der Waals surface area contributed by atoms with E-state index in [9.17, 15) is 24.9 Å². The molecule has 0 radical (unpaired) electrons. The summed E-state index contributed by atoms with van der Waals surface area (Å²) in [5.74, 6) is -2.27. The number of esters is 1. The van der Waals surface area contributed by atoms with Crippen molar-refractivity contribution >= 4 is 12.3 Å². The number of carbonyl (C=O) groups is 2. The topological polar surface area (TPSA) is 113 Å². The third-order valence-corrected chi connectivity index (χ3v) is 8.51. The number of hydrogen-bond donors (Lipinski definition) is 3. The highest BCUT2D eigenvalue weighted by Gasteiger charge is 2.80. The first kappa shape index (κ1) is 17.8. The van der Waals surface area contributed by atoms with Gasteiger partial charge in [0.15, 0.2) is 0 Å². The molecule has 5 rings (SSSR count). The Balaban J connectivity index is 1.77. The van der Waals surface area contributed by atoms with Gasteiger partial charge in [-0.05, 0) is 37.2 Å². The lowest BCUT2D eigenvalue weighted by Gasteiger charge is -2.67. The van der Waals surface area contributed by atoms with Crippen molar-refractivity contribution in [2.45, 2.75) is 57.2 Å². The Morgan fingerprint density at radius 3 is 2.74 bits per heavy atom. The number of ether oxygens (including phenoxy) is 2. The van der Waals surface area contributed by atoms with Crippen LogP contribution in [0.3, 0.4) is 0 Å². The third kappa shape index (κ3) is 1.74. The van der Waals surface area contributed by atoms with E-state index in [1.165, 1.54) is 0 Å². The van der Waals surface area contributed by atoms with E-state index in [1.807, 2.05) is 6.92 Å². The monoisotopic (exact) mass is 378 g/mol. The molecule has 5 aliphatic rings. The van der Waals surface area contributed by atoms with Gasteiger partial charge in [0.05, 0.1) is 30.3 Å². The van der Waals surface area contributed by atoms with Gasteiger partial charge in [0, 0.05) is 17.3 Å². The number of carbonyl (C=O) groups excluding carboxylic acids is 2. The average molecular weight is 378 g/mol. The summed E-state index contributed by atoms with van der Waals surface area (Å²) < 4.78 is 11.6. The van der Waals surface area contributed by atoms with Crippen LogP contribution in [-0.2, 0) is 19.1 Å². The molecule has 27 heavy (non-hydrogen) atoms. The van der Waals surface area contributed by atoms with E-state index in [1.54, 1.807) is 0 Å². The van der Waals surface area contributed by atoms with Gasteiger partial charge in [0.2, 0.25) is 6.29 Å². The largest absolute Gasteiger partial charge is 0.434 e. The minimum atomic E-state index is -1.39. The zero-order chi connectivity index (χ0) is 19.4. The highest BCUT2D eigenvalue weighted by molar-refractivity contribution is 5.82. The molecule has 4 bridgehead atoms. The minimum absolute atomic E-state index is 0.182. The van der Waals surface area contributed by atoms with Crippen LogP contribution < -0.4 is 0 Å². The summed E-state index contributed by atoms with van der Waals surface area (Å²) in [6.45, 7) is 6.15. The van der Waals surface area contributed by atoms with Gasteiger partial charge in [0.25, 0.3) is 0 Å². The molecule has 10 atom stereocenters. The van der Waals surface area contributed by atoms with E-state index < -0.39 is 58.7 Å². The van der Waals surface area contributed by atoms with Crippen molar-refractivity contribution in [1.29, 1.82) is 0 Å². The van der Waals surface area contributed by atoms with Gasteiger partial charge < -0.3 is 29.6 Å². The summed E-state index contributed by atoms with van der Waals surface area (Å²) in [5.41, 5.74) is -2.65. The molecule has 2 aliphatic heterocycles. The highest BCUT2D eigenvalue weighted by Crippen LogP contribution is 2.71. The van der Waals surface area contributed by atoms with Crippen molar-refractivity contribution in [2.24, 2.45) is 34.0 Å². The average Bonchev–Trinajstić information content (AvgIpc) is 2.82. The molecule has 2 saturated heterocycles. The van der Waals surface area contributed by atoms with E-state index >= 15 is 0 Å². The Morgan fingerprint density at radius 2 is 2.04 bits per heavy atom. The maximum absolute atomic E-state index is 13.1. The second kappa shape index (κ2) is 5.20. The summed E-state index contributed by atoms with van der Waals surface area (Å²) in [6, 6.07) is 0. The number of aliphatic hydroxyl groups excluding tert-OH is 3. The first-order valence-corrected chi connectivity index (χ1v) is 9.74. The van der Waals surface area contributed by atoms with Crippen molar-refractivity contribution in [3.63, 3.8) is 0 Å². The Kier molecular flexibility index (Phi) is 3.43. The highest BCUT2D eigenvalue weighted by atomic mass is 16.7. The molecular formula is C20H26O7. The number of rotatable bonds is 1. The second-order valence-corrected chi connectivity index (χ2v) is 9.57. The number of aldehydes is 1. The Labute approximate surface area is 157 Å². The molecule has 3 aliphatic carbocycles. The van der Waals surface area contributed by atoms with Gasteiger partial charge >= 0.3 is 5.97 Å². The SMILES string of the molecule is C=C1[C@@H]2C[C@@H](O)[C@@H]3[C@](C2)(C(=O)O[C@@H]2OC[C@]4(C)CC[C@H](O)[C@@]23[C@@H]4C=O)[C@@H]1O. The fourth-order valence-electron chi connectivity index (χ4n) is 7.34. The molecule has 7 nitrogen and oxygen atoms in total. The standard InChI is InChI=1S/C20H26O7/c1-9-10-5-11(22)14-19(6-10,15(9)24)16(25)27-17-20(14)12(7-21)18(2,8-26-17)4-3-13(20)23/h7,10-15,17,22-24H,1,3-6,8H2,2H3/t10-,11-,12-,13+,14-,15-,17+,18+,19+,20-/m1/s1. The molecule has 7 heteroatoms. The lowest BCUT2D eigenvalue weighted by molar-refractivity contribution is -0.369. The maximum Gasteiger partial charge on any atom is 0.317 e. The predicted molar refractivity (Wildman–Crippen MR) is 91.0 cm³/mol. The van der Waals surface area contributed by atoms with Crippen LogP contribution in [0.2, 0.25) is 0 Å². The van der Waals surface area contributed by atoms with Gasteiger partial charge in [-0.3, -0.25) is 4.79 Å².